The number of nitrogens with zero attached hydrogens (tertiary/aromatic N) is 2. The second-order valence-corrected chi connectivity index (χ2v) is 5.74. The van der Waals surface area contributed by atoms with Crippen LogP contribution in [0.25, 0.3) is 11.0 Å². The summed E-state index contributed by atoms with van der Waals surface area (Å²) in [6.45, 7) is 5.51. The number of methoxy groups -OCH3 is 1. The Balaban J connectivity index is 1.97. The summed E-state index contributed by atoms with van der Waals surface area (Å²) in [5.74, 6) is 0.874. The highest BCUT2D eigenvalue weighted by molar-refractivity contribution is 7.71. The minimum Gasteiger partial charge on any atom is -0.497 e. The van der Waals surface area contributed by atoms with E-state index in [1.54, 1.807) is 7.11 Å². The summed E-state index contributed by atoms with van der Waals surface area (Å²) < 4.78 is 8.34. The van der Waals surface area contributed by atoms with Crippen molar-refractivity contribution in [1.82, 2.24) is 14.5 Å². The molecule has 0 spiro atoms. The SMILES string of the molecule is CCN1CCCC1Cn1c(=S)[nH]c2ccc(OC)cc21. The fourth-order valence-corrected chi connectivity index (χ4v) is 3.45. The molecule has 20 heavy (non-hydrogen) atoms. The number of likely N-dealkylation sites (N-methyl/N-ethyl adjacent to an activating group) is 1. The minimum atomic E-state index is 0.594. The lowest BCUT2D eigenvalue weighted by Crippen LogP contribution is -2.32. The number of benzene rings is 1. The Morgan fingerprint density at radius 1 is 1.45 bits per heavy atom. The van der Waals surface area contributed by atoms with Crippen LogP contribution >= 0.6 is 12.2 Å². The molecule has 1 unspecified atom stereocenters. The van der Waals surface area contributed by atoms with Gasteiger partial charge in [-0.15, -0.1) is 0 Å². The summed E-state index contributed by atoms with van der Waals surface area (Å²) in [4.78, 5) is 5.83. The van der Waals surface area contributed by atoms with Crippen molar-refractivity contribution in [1.29, 1.82) is 0 Å². The molecule has 3 rings (SSSR count). The minimum absolute atomic E-state index is 0.594. The number of hydrogen-bond acceptors (Lipinski definition) is 3. The zero-order chi connectivity index (χ0) is 14.1. The predicted molar refractivity (Wildman–Crippen MR) is 83.9 cm³/mol. The smallest absolute Gasteiger partial charge is 0.178 e. The highest BCUT2D eigenvalue weighted by Crippen LogP contribution is 2.24. The summed E-state index contributed by atoms with van der Waals surface area (Å²) in [5, 5.41) is 0. The van der Waals surface area contributed by atoms with Gasteiger partial charge in [0.25, 0.3) is 0 Å². The number of rotatable bonds is 4. The summed E-state index contributed by atoms with van der Waals surface area (Å²) in [6, 6.07) is 6.66. The third-order valence-corrected chi connectivity index (χ3v) is 4.60. The zero-order valence-electron chi connectivity index (χ0n) is 12.1. The van der Waals surface area contributed by atoms with Crippen LogP contribution in [0.3, 0.4) is 0 Å². The average molecular weight is 291 g/mol. The molecule has 0 saturated carbocycles. The molecular formula is C15H21N3OS. The number of H-pyrrole nitrogens is 1. The molecule has 0 amide bonds. The Morgan fingerprint density at radius 2 is 2.30 bits per heavy atom. The first-order valence-electron chi connectivity index (χ1n) is 7.23. The van der Waals surface area contributed by atoms with Crippen LogP contribution in [-0.2, 0) is 6.54 Å². The van der Waals surface area contributed by atoms with E-state index in [2.05, 4.69) is 27.4 Å². The molecule has 0 aliphatic carbocycles. The first-order valence-corrected chi connectivity index (χ1v) is 7.64. The van der Waals surface area contributed by atoms with Crippen LogP contribution in [0, 0.1) is 4.77 Å². The summed E-state index contributed by atoms with van der Waals surface area (Å²) >= 11 is 5.49. The number of aromatic amines is 1. The van der Waals surface area contributed by atoms with Gasteiger partial charge in [-0.1, -0.05) is 6.92 Å². The van der Waals surface area contributed by atoms with Gasteiger partial charge < -0.3 is 14.3 Å². The first-order chi connectivity index (χ1) is 9.72. The van der Waals surface area contributed by atoms with Crippen molar-refractivity contribution in [2.24, 2.45) is 0 Å². The van der Waals surface area contributed by atoms with Crippen LogP contribution in [0.2, 0.25) is 0 Å². The second kappa shape index (κ2) is 5.58. The third kappa shape index (κ3) is 2.36. The van der Waals surface area contributed by atoms with E-state index in [0.717, 1.165) is 34.6 Å². The van der Waals surface area contributed by atoms with E-state index < -0.39 is 0 Å². The van der Waals surface area contributed by atoms with Crippen molar-refractivity contribution in [3.63, 3.8) is 0 Å². The lowest BCUT2D eigenvalue weighted by molar-refractivity contribution is 0.245. The van der Waals surface area contributed by atoms with Crippen molar-refractivity contribution >= 4 is 23.3 Å². The average Bonchev–Trinajstić information content (AvgIpc) is 3.03. The number of aromatic nitrogens is 2. The van der Waals surface area contributed by atoms with Gasteiger partial charge in [0.1, 0.15) is 5.75 Å². The van der Waals surface area contributed by atoms with Crippen LogP contribution in [0.4, 0.5) is 0 Å². The zero-order valence-corrected chi connectivity index (χ0v) is 12.9. The van der Waals surface area contributed by atoms with E-state index in [1.165, 1.54) is 19.4 Å². The van der Waals surface area contributed by atoms with Gasteiger partial charge in [-0.05, 0) is 50.3 Å². The molecule has 1 aliphatic rings. The molecule has 1 aromatic carbocycles. The number of imidazole rings is 1. The van der Waals surface area contributed by atoms with Gasteiger partial charge in [0.15, 0.2) is 4.77 Å². The van der Waals surface area contributed by atoms with Crippen LogP contribution in [-0.4, -0.2) is 40.7 Å². The molecule has 0 radical (unpaired) electrons. The third-order valence-electron chi connectivity index (χ3n) is 4.28. The summed E-state index contributed by atoms with van der Waals surface area (Å²) in [7, 11) is 1.70. The molecule has 1 aromatic heterocycles. The normalized spacial score (nSPS) is 19.8. The molecule has 1 atom stereocenters. The predicted octanol–water partition coefficient (Wildman–Crippen LogP) is 3.19. The molecule has 1 saturated heterocycles. The molecule has 2 aromatic rings. The maximum Gasteiger partial charge on any atom is 0.178 e. The van der Waals surface area contributed by atoms with Crippen molar-refractivity contribution in [2.75, 3.05) is 20.2 Å². The molecule has 108 valence electrons. The van der Waals surface area contributed by atoms with Crippen LogP contribution in [0.1, 0.15) is 19.8 Å². The Kier molecular flexibility index (Phi) is 3.81. The number of hydrogen-bond donors (Lipinski definition) is 1. The number of nitrogens with one attached hydrogen (secondary N) is 1. The van der Waals surface area contributed by atoms with E-state index >= 15 is 0 Å². The van der Waals surface area contributed by atoms with Gasteiger partial charge in [-0.25, -0.2) is 0 Å². The van der Waals surface area contributed by atoms with Crippen LogP contribution < -0.4 is 4.74 Å². The molecular weight excluding hydrogens is 270 g/mol. The monoisotopic (exact) mass is 291 g/mol. The second-order valence-electron chi connectivity index (χ2n) is 5.35. The maximum absolute atomic E-state index is 5.49. The standard InChI is InChI=1S/C15H21N3OS/c1-3-17-8-4-5-11(17)10-18-14-9-12(19-2)6-7-13(14)16-15(18)20/h6-7,9,11H,3-5,8,10H2,1-2H3,(H,16,20). The van der Waals surface area contributed by atoms with Crippen molar-refractivity contribution in [3.8, 4) is 5.75 Å². The fraction of sp³-hybridized carbons (Fsp3) is 0.533. The van der Waals surface area contributed by atoms with E-state index in [1.807, 2.05) is 12.1 Å². The summed E-state index contributed by atoms with van der Waals surface area (Å²) in [5.41, 5.74) is 2.22. The van der Waals surface area contributed by atoms with Crippen LogP contribution in [0.15, 0.2) is 18.2 Å². The quantitative estimate of drug-likeness (QED) is 0.878. The molecule has 5 heteroatoms. The number of likely N-dealkylation sites (tertiary alicyclic amines) is 1. The molecule has 1 N–H and O–H groups in total. The van der Waals surface area contributed by atoms with E-state index in [-0.39, 0.29) is 0 Å². The lowest BCUT2D eigenvalue weighted by Gasteiger charge is -2.23. The number of fused-ring (bicyclic) bond motifs is 1. The topological polar surface area (TPSA) is 33.2 Å². The molecule has 1 fully saturated rings. The van der Waals surface area contributed by atoms with E-state index in [0.29, 0.717) is 6.04 Å². The van der Waals surface area contributed by atoms with Gasteiger partial charge >= 0.3 is 0 Å². The molecule has 1 aliphatic heterocycles. The summed E-state index contributed by atoms with van der Waals surface area (Å²) in [6.07, 6.45) is 2.55. The van der Waals surface area contributed by atoms with Gasteiger partial charge in [0.05, 0.1) is 18.1 Å². The Hall–Kier alpha value is -1.33. The highest BCUT2D eigenvalue weighted by atomic mass is 32.1. The highest BCUT2D eigenvalue weighted by Gasteiger charge is 2.24. The van der Waals surface area contributed by atoms with Crippen molar-refractivity contribution in [3.05, 3.63) is 23.0 Å². The van der Waals surface area contributed by atoms with Gasteiger partial charge in [0.2, 0.25) is 0 Å². The fourth-order valence-electron chi connectivity index (χ4n) is 3.17. The van der Waals surface area contributed by atoms with E-state index in [9.17, 15) is 0 Å². The maximum atomic E-state index is 5.49. The van der Waals surface area contributed by atoms with Crippen molar-refractivity contribution < 1.29 is 4.74 Å². The first kappa shape index (κ1) is 13.6. The number of ether oxygens (including phenoxy) is 1. The van der Waals surface area contributed by atoms with Crippen LogP contribution in [0.5, 0.6) is 5.75 Å². The van der Waals surface area contributed by atoms with E-state index in [4.69, 9.17) is 17.0 Å². The molecule has 4 nitrogen and oxygen atoms in total. The molecule has 2 heterocycles. The van der Waals surface area contributed by atoms with Gasteiger partial charge in [-0.2, -0.15) is 0 Å². The Labute approximate surface area is 124 Å². The Bertz CT molecular complexity index is 661. The Morgan fingerprint density at radius 3 is 3.05 bits per heavy atom. The van der Waals surface area contributed by atoms with Gasteiger partial charge in [0, 0.05) is 18.7 Å². The molecule has 0 bridgehead atoms. The van der Waals surface area contributed by atoms with Gasteiger partial charge in [-0.3, -0.25) is 4.90 Å². The lowest BCUT2D eigenvalue weighted by atomic mass is 10.2. The van der Waals surface area contributed by atoms with Crippen molar-refractivity contribution in [2.45, 2.75) is 32.4 Å². The largest absolute Gasteiger partial charge is 0.497 e.